The molecule has 2 aromatic carbocycles. The number of carbonyl (C=O) groups is 1. The summed E-state index contributed by atoms with van der Waals surface area (Å²) in [6, 6.07) is 7.78. The quantitative estimate of drug-likeness (QED) is 0.499. The van der Waals surface area contributed by atoms with Crippen LogP contribution < -0.4 is 11.1 Å². The molecule has 0 fully saturated rings. The summed E-state index contributed by atoms with van der Waals surface area (Å²) in [4.78, 5) is 12.2. The summed E-state index contributed by atoms with van der Waals surface area (Å²) < 4.78 is 0. The third-order valence-electron chi connectivity index (χ3n) is 3.27. The van der Waals surface area contributed by atoms with Gasteiger partial charge in [-0.15, -0.1) is 0 Å². The van der Waals surface area contributed by atoms with E-state index in [4.69, 9.17) is 5.73 Å². The van der Waals surface area contributed by atoms with Gasteiger partial charge in [-0.2, -0.15) is 0 Å². The molecule has 2 aromatic rings. The van der Waals surface area contributed by atoms with Gasteiger partial charge in [0.25, 0.3) is 5.91 Å². The molecule has 0 unspecified atom stereocenters. The Hall–Kier alpha value is -2.69. The molecule has 1 amide bonds. The second-order valence-electron chi connectivity index (χ2n) is 4.60. The lowest BCUT2D eigenvalue weighted by molar-refractivity contribution is 0.102. The Labute approximate surface area is 116 Å². The normalized spacial score (nSPS) is 10.3. The molecule has 20 heavy (non-hydrogen) atoms. The maximum atomic E-state index is 12.2. The molecule has 2 rings (SSSR count). The molecule has 0 saturated carbocycles. The van der Waals surface area contributed by atoms with Gasteiger partial charge in [0.15, 0.2) is 11.5 Å². The SMILES string of the molecule is Cc1ccc(N)c(NC(=O)c2cccc(O)c2O)c1C. The molecule has 0 spiro atoms. The minimum Gasteiger partial charge on any atom is -0.504 e. The predicted octanol–water partition coefficient (Wildman–Crippen LogP) is 2.55. The Balaban J connectivity index is 2.38. The zero-order valence-electron chi connectivity index (χ0n) is 11.3. The van der Waals surface area contributed by atoms with E-state index in [-0.39, 0.29) is 11.3 Å². The molecule has 0 aliphatic heterocycles. The van der Waals surface area contributed by atoms with Gasteiger partial charge >= 0.3 is 0 Å². The van der Waals surface area contributed by atoms with Crippen LogP contribution >= 0.6 is 0 Å². The molecule has 5 nitrogen and oxygen atoms in total. The number of phenolic OH excluding ortho intramolecular Hbond substituents is 2. The Morgan fingerprint density at radius 3 is 2.55 bits per heavy atom. The Morgan fingerprint density at radius 2 is 1.85 bits per heavy atom. The van der Waals surface area contributed by atoms with Crippen LogP contribution in [0.2, 0.25) is 0 Å². The molecule has 0 atom stereocenters. The number of nitrogen functional groups attached to an aromatic ring is 1. The fourth-order valence-electron chi connectivity index (χ4n) is 1.90. The van der Waals surface area contributed by atoms with Gasteiger partial charge in [0.1, 0.15) is 0 Å². The molecule has 5 heteroatoms. The van der Waals surface area contributed by atoms with Crippen molar-refractivity contribution in [2.45, 2.75) is 13.8 Å². The van der Waals surface area contributed by atoms with Crippen LogP contribution in [0.25, 0.3) is 0 Å². The summed E-state index contributed by atoms with van der Waals surface area (Å²) >= 11 is 0. The van der Waals surface area contributed by atoms with E-state index in [0.29, 0.717) is 11.4 Å². The standard InChI is InChI=1S/C15H16N2O3/c1-8-6-7-11(16)13(9(8)2)17-15(20)10-4-3-5-12(18)14(10)19/h3-7,18-19H,16H2,1-2H3,(H,17,20). The van der Waals surface area contributed by atoms with Crippen LogP contribution in [0.3, 0.4) is 0 Å². The number of amides is 1. The summed E-state index contributed by atoms with van der Waals surface area (Å²) in [5.74, 6) is -1.32. The lowest BCUT2D eigenvalue weighted by atomic mass is 10.1. The van der Waals surface area contributed by atoms with Crippen molar-refractivity contribution < 1.29 is 15.0 Å². The number of nitrogens with one attached hydrogen (secondary N) is 1. The number of carbonyl (C=O) groups excluding carboxylic acids is 1. The van der Waals surface area contributed by atoms with Gasteiger partial charge in [0.05, 0.1) is 16.9 Å². The minimum atomic E-state index is -0.529. The molecule has 0 aliphatic rings. The second kappa shape index (κ2) is 5.13. The maximum Gasteiger partial charge on any atom is 0.259 e. The zero-order chi connectivity index (χ0) is 14.9. The average molecular weight is 272 g/mol. The van der Waals surface area contributed by atoms with Crippen molar-refractivity contribution in [2.75, 3.05) is 11.1 Å². The van der Waals surface area contributed by atoms with Crippen LogP contribution in [0.4, 0.5) is 11.4 Å². The van der Waals surface area contributed by atoms with E-state index in [1.165, 1.54) is 18.2 Å². The number of benzene rings is 2. The van der Waals surface area contributed by atoms with Gasteiger partial charge in [0.2, 0.25) is 0 Å². The molecule has 0 aromatic heterocycles. The van der Waals surface area contributed by atoms with Crippen molar-refractivity contribution in [1.82, 2.24) is 0 Å². The first-order valence-electron chi connectivity index (χ1n) is 6.09. The number of nitrogens with two attached hydrogens (primary N) is 1. The molecular weight excluding hydrogens is 256 g/mol. The highest BCUT2D eigenvalue weighted by atomic mass is 16.3. The molecule has 104 valence electrons. The third kappa shape index (κ3) is 2.38. The summed E-state index contributed by atoms with van der Waals surface area (Å²) in [6.07, 6.45) is 0. The molecule has 5 N–H and O–H groups in total. The lowest BCUT2D eigenvalue weighted by Crippen LogP contribution is -2.14. The Kier molecular flexibility index (Phi) is 3.52. The molecule has 0 aliphatic carbocycles. The number of rotatable bonds is 2. The van der Waals surface area contributed by atoms with Crippen LogP contribution in [-0.2, 0) is 0 Å². The number of hydrogen-bond acceptors (Lipinski definition) is 4. The first-order valence-corrected chi connectivity index (χ1v) is 6.09. The van der Waals surface area contributed by atoms with Crippen LogP contribution in [0, 0.1) is 13.8 Å². The number of aromatic hydroxyl groups is 2. The average Bonchev–Trinajstić information content (AvgIpc) is 2.42. The molecule has 0 bridgehead atoms. The van der Waals surface area contributed by atoms with E-state index in [2.05, 4.69) is 5.32 Å². The molecule has 0 heterocycles. The largest absolute Gasteiger partial charge is 0.504 e. The van der Waals surface area contributed by atoms with Gasteiger partial charge in [0, 0.05) is 0 Å². The number of para-hydroxylation sites is 1. The zero-order valence-corrected chi connectivity index (χ0v) is 11.3. The minimum absolute atomic E-state index is 0.00898. The fraction of sp³-hybridized carbons (Fsp3) is 0.133. The lowest BCUT2D eigenvalue weighted by Gasteiger charge is -2.14. The van der Waals surface area contributed by atoms with Gasteiger partial charge in [-0.3, -0.25) is 4.79 Å². The number of anilines is 2. The number of phenols is 2. The Bertz CT molecular complexity index is 681. The van der Waals surface area contributed by atoms with Crippen molar-refractivity contribution in [3.63, 3.8) is 0 Å². The van der Waals surface area contributed by atoms with Gasteiger partial charge in [-0.1, -0.05) is 12.1 Å². The van der Waals surface area contributed by atoms with Crippen molar-refractivity contribution in [3.05, 3.63) is 47.0 Å². The van der Waals surface area contributed by atoms with Crippen LogP contribution in [0.1, 0.15) is 21.5 Å². The highest BCUT2D eigenvalue weighted by molar-refractivity contribution is 6.08. The predicted molar refractivity (Wildman–Crippen MR) is 78.1 cm³/mol. The van der Waals surface area contributed by atoms with E-state index in [1.54, 1.807) is 6.07 Å². The van der Waals surface area contributed by atoms with E-state index in [0.717, 1.165) is 11.1 Å². The van der Waals surface area contributed by atoms with Crippen LogP contribution in [0.5, 0.6) is 11.5 Å². The number of hydrogen-bond donors (Lipinski definition) is 4. The number of aryl methyl sites for hydroxylation is 1. The maximum absolute atomic E-state index is 12.2. The van der Waals surface area contributed by atoms with Crippen LogP contribution in [0.15, 0.2) is 30.3 Å². The van der Waals surface area contributed by atoms with Gasteiger partial charge in [-0.25, -0.2) is 0 Å². The van der Waals surface area contributed by atoms with E-state index >= 15 is 0 Å². The van der Waals surface area contributed by atoms with E-state index in [9.17, 15) is 15.0 Å². The van der Waals surface area contributed by atoms with Crippen molar-refractivity contribution in [3.8, 4) is 11.5 Å². The van der Waals surface area contributed by atoms with Gasteiger partial charge in [-0.05, 0) is 43.2 Å². The second-order valence-corrected chi connectivity index (χ2v) is 4.60. The van der Waals surface area contributed by atoms with Crippen molar-refractivity contribution >= 4 is 17.3 Å². The first kappa shape index (κ1) is 13.7. The fourth-order valence-corrected chi connectivity index (χ4v) is 1.90. The van der Waals surface area contributed by atoms with Crippen LogP contribution in [-0.4, -0.2) is 16.1 Å². The molecular formula is C15H16N2O3. The monoisotopic (exact) mass is 272 g/mol. The Morgan fingerprint density at radius 1 is 1.15 bits per heavy atom. The smallest absolute Gasteiger partial charge is 0.259 e. The van der Waals surface area contributed by atoms with E-state index in [1.807, 2.05) is 19.9 Å². The highest BCUT2D eigenvalue weighted by Crippen LogP contribution is 2.31. The highest BCUT2D eigenvalue weighted by Gasteiger charge is 2.16. The molecule has 0 saturated heterocycles. The van der Waals surface area contributed by atoms with Gasteiger partial charge < -0.3 is 21.3 Å². The topological polar surface area (TPSA) is 95.6 Å². The summed E-state index contributed by atoms with van der Waals surface area (Å²) in [5.41, 5.74) is 8.66. The van der Waals surface area contributed by atoms with E-state index < -0.39 is 11.7 Å². The summed E-state index contributed by atoms with van der Waals surface area (Å²) in [5, 5.41) is 21.8. The summed E-state index contributed by atoms with van der Waals surface area (Å²) in [7, 11) is 0. The van der Waals surface area contributed by atoms with Crippen molar-refractivity contribution in [2.24, 2.45) is 0 Å². The molecule has 0 radical (unpaired) electrons. The van der Waals surface area contributed by atoms with Crippen molar-refractivity contribution in [1.29, 1.82) is 0 Å². The first-order chi connectivity index (χ1) is 9.41. The summed E-state index contributed by atoms with van der Waals surface area (Å²) in [6.45, 7) is 3.76. The third-order valence-corrected chi connectivity index (χ3v) is 3.27.